The summed E-state index contributed by atoms with van der Waals surface area (Å²) in [6.07, 6.45) is 5.92. The van der Waals surface area contributed by atoms with Crippen molar-refractivity contribution < 1.29 is 39.6 Å². The van der Waals surface area contributed by atoms with E-state index in [0.29, 0.717) is 38.8 Å². The highest BCUT2D eigenvalue weighted by Crippen LogP contribution is 2.44. The van der Waals surface area contributed by atoms with Crippen LogP contribution in [0.5, 0.6) is 0 Å². The summed E-state index contributed by atoms with van der Waals surface area (Å²) in [5, 5.41) is 23.9. The average Bonchev–Trinajstić information content (AvgIpc) is 2.82. The first kappa shape index (κ1) is 32.9. The van der Waals surface area contributed by atoms with Gasteiger partial charge >= 0.3 is 11.9 Å². The highest BCUT2D eigenvalue weighted by Gasteiger charge is 2.52. The predicted molar refractivity (Wildman–Crippen MR) is 142 cm³/mol. The number of hydrogen-bond donors (Lipinski definition) is 2. The number of carbonyl (C=O) groups is 2. The quantitative estimate of drug-likeness (QED) is 0.193. The molecule has 2 fully saturated rings. The summed E-state index contributed by atoms with van der Waals surface area (Å²) in [7, 11) is 0. The molecule has 0 aromatic rings. The van der Waals surface area contributed by atoms with E-state index in [1.165, 1.54) is 0 Å². The zero-order chi connectivity index (χ0) is 28.8. The number of unbranched alkanes of at least 4 members (excludes halogenated alkanes) is 5. The van der Waals surface area contributed by atoms with Gasteiger partial charge in [0.15, 0.2) is 0 Å². The lowest BCUT2D eigenvalue weighted by Crippen LogP contribution is -2.62. The Morgan fingerprint density at radius 3 is 1.29 bits per heavy atom. The zero-order valence-electron chi connectivity index (χ0n) is 24.9. The fourth-order valence-corrected chi connectivity index (χ4v) is 4.98. The second-order valence-corrected chi connectivity index (χ2v) is 13.1. The van der Waals surface area contributed by atoms with E-state index in [-0.39, 0.29) is 12.8 Å². The van der Waals surface area contributed by atoms with Gasteiger partial charge in [0.1, 0.15) is 0 Å². The van der Waals surface area contributed by atoms with Crippen LogP contribution in [0.1, 0.15) is 120 Å². The molecule has 0 radical (unpaired) electrons. The monoisotopic (exact) mass is 544 g/mol. The van der Waals surface area contributed by atoms with Gasteiger partial charge in [0, 0.05) is 36.8 Å². The molecule has 0 aliphatic carbocycles. The third-order valence-corrected chi connectivity index (χ3v) is 9.73. The molecule has 222 valence electrons. The van der Waals surface area contributed by atoms with E-state index < -0.39 is 46.1 Å². The summed E-state index contributed by atoms with van der Waals surface area (Å²) in [5.41, 5.74) is -1.80. The minimum atomic E-state index is -0.492. The van der Waals surface area contributed by atoms with Gasteiger partial charge in [-0.15, -0.1) is 10.1 Å². The molecule has 2 aliphatic rings. The summed E-state index contributed by atoms with van der Waals surface area (Å²) in [6, 6.07) is 0. The molecule has 2 aliphatic heterocycles. The molecule has 10 nitrogen and oxygen atoms in total. The van der Waals surface area contributed by atoms with Crippen LogP contribution in [0, 0.1) is 10.8 Å². The predicted octanol–water partition coefficient (Wildman–Crippen LogP) is 4.63. The Balaban J connectivity index is 1.52. The van der Waals surface area contributed by atoms with Crippen LogP contribution >= 0.6 is 0 Å². The van der Waals surface area contributed by atoms with Gasteiger partial charge in [0.25, 0.3) is 0 Å². The molecule has 0 amide bonds. The number of carbonyl (C=O) groups excluding carboxylic acids is 2. The van der Waals surface area contributed by atoms with Crippen molar-refractivity contribution in [1.29, 1.82) is 0 Å². The number of rotatable bonds is 13. The fourth-order valence-electron chi connectivity index (χ4n) is 4.98. The first-order valence-electron chi connectivity index (χ1n) is 14.2. The Kier molecular flexibility index (Phi) is 11.6. The molecule has 0 saturated carbocycles. The molecule has 2 heterocycles. The van der Waals surface area contributed by atoms with Crippen molar-refractivity contribution in [2.75, 3.05) is 13.1 Å². The largest absolute Gasteiger partial charge is 0.392 e. The van der Waals surface area contributed by atoms with Gasteiger partial charge in [-0.3, -0.25) is 9.78 Å². The Hall–Kier alpha value is -1.30. The van der Waals surface area contributed by atoms with Crippen LogP contribution in [-0.2, 0) is 29.3 Å². The number of nitrogens with zero attached hydrogens (tertiary/aromatic N) is 2. The molecule has 0 aromatic heterocycles. The lowest BCUT2D eigenvalue weighted by molar-refractivity contribution is -0.439. The van der Waals surface area contributed by atoms with Crippen LogP contribution < -0.4 is 0 Å². The number of aliphatic hydroxyl groups excluding tert-OH is 2. The van der Waals surface area contributed by atoms with Crippen LogP contribution in [0.2, 0.25) is 0 Å². The van der Waals surface area contributed by atoms with Crippen LogP contribution in [0.25, 0.3) is 0 Å². The molecule has 2 saturated heterocycles. The maximum atomic E-state index is 12.1. The van der Waals surface area contributed by atoms with Crippen LogP contribution in [0.15, 0.2) is 0 Å². The van der Waals surface area contributed by atoms with E-state index in [0.717, 1.165) is 25.7 Å². The van der Waals surface area contributed by atoms with E-state index in [1.807, 2.05) is 55.4 Å². The van der Waals surface area contributed by atoms with E-state index in [1.54, 1.807) is 10.1 Å². The molecule has 10 heteroatoms. The standard InChI is InChI=1S/C28H52N2O8/c1-25(2)21(31)17-19-29(27(25,5)6)37-35-23(33)15-13-11-9-10-12-14-16-24(34)36-38-30-20-18-22(32)26(3,4)28(30,7)8/h21-22,31-32H,9-20H2,1-8H3. The molecular formula is C28H52N2O8. The van der Waals surface area contributed by atoms with Crippen molar-refractivity contribution in [3.63, 3.8) is 0 Å². The fraction of sp³-hybridized carbons (Fsp3) is 0.929. The Morgan fingerprint density at radius 1 is 0.632 bits per heavy atom. The number of piperidine rings is 2. The van der Waals surface area contributed by atoms with Gasteiger partial charge in [-0.05, 0) is 53.4 Å². The van der Waals surface area contributed by atoms with Gasteiger partial charge in [-0.1, -0.05) is 63.4 Å². The van der Waals surface area contributed by atoms with Gasteiger partial charge in [-0.25, -0.2) is 9.59 Å². The first-order chi connectivity index (χ1) is 17.5. The molecular weight excluding hydrogens is 492 g/mol. The normalized spacial score (nSPS) is 26.6. The summed E-state index contributed by atoms with van der Waals surface area (Å²) in [4.78, 5) is 45.0. The van der Waals surface area contributed by atoms with Crippen molar-refractivity contribution in [1.82, 2.24) is 10.1 Å². The van der Waals surface area contributed by atoms with Crippen LogP contribution in [0.4, 0.5) is 0 Å². The van der Waals surface area contributed by atoms with Crippen molar-refractivity contribution >= 4 is 11.9 Å². The SMILES string of the molecule is CC1(C)C(O)CCN(OOC(=O)CCCCCCCCC(=O)OON2CCC(O)C(C)(C)C2(C)C)C1(C)C. The lowest BCUT2D eigenvalue weighted by Gasteiger charge is -2.53. The summed E-state index contributed by atoms with van der Waals surface area (Å²) in [5.74, 6) is -0.801. The molecule has 2 N–H and O–H groups in total. The first-order valence-corrected chi connectivity index (χ1v) is 14.2. The van der Waals surface area contributed by atoms with E-state index in [2.05, 4.69) is 0 Å². The highest BCUT2D eigenvalue weighted by molar-refractivity contribution is 5.68. The van der Waals surface area contributed by atoms with Crippen molar-refractivity contribution in [3.05, 3.63) is 0 Å². The van der Waals surface area contributed by atoms with Crippen molar-refractivity contribution in [2.24, 2.45) is 10.8 Å². The van der Waals surface area contributed by atoms with Gasteiger partial charge in [0.05, 0.1) is 23.3 Å². The van der Waals surface area contributed by atoms with Crippen molar-refractivity contribution in [3.8, 4) is 0 Å². The third kappa shape index (κ3) is 7.67. The zero-order valence-corrected chi connectivity index (χ0v) is 24.9. The van der Waals surface area contributed by atoms with Crippen molar-refractivity contribution in [2.45, 2.75) is 143 Å². The Bertz CT molecular complexity index is 719. The number of hydroxylamine groups is 4. The van der Waals surface area contributed by atoms with Gasteiger partial charge < -0.3 is 10.2 Å². The van der Waals surface area contributed by atoms with Gasteiger partial charge in [0.2, 0.25) is 0 Å². The maximum Gasteiger partial charge on any atom is 0.344 e. The minimum absolute atomic E-state index is 0.282. The molecule has 38 heavy (non-hydrogen) atoms. The molecule has 2 atom stereocenters. The van der Waals surface area contributed by atoms with E-state index in [4.69, 9.17) is 19.8 Å². The number of aliphatic hydroxyl groups is 2. The second kappa shape index (κ2) is 13.4. The average molecular weight is 545 g/mol. The Labute approximate surface area is 228 Å². The summed E-state index contributed by atoms with van der Waals surface area (Å²) in [6.45, 7) is 16.8. The molecule has 0 spiro atoms. The van der Waals surface area contributed by atoms with E-state index in [9.17, 15) is 19.8 Å². The minimum Gasteiger partial charge on any atom is -0.392 e. The molecule has 0 bridgehead atoms. The topological polar surface area (TPSA) is 118 Å². The Morgan fingerprint density at radius 2 is 0.947 bits per heavy atom. The van der Waals surface area contributed by atoms with Gasteiger partial charge in [-0.2, -0.15) is 0 Å². The molecule has 2 unspecified atom stereocenters. The van der Waals surface area contributed by atoms with Crippen LogP contribution in [-0.4, -0.2) is 68.7 Å². The number of hydrogen-bond acceptors (Lipinski definition) is 10. The molecule has 2 rings (SSSR count). The smallest absolute Gasteiger partial charge is 0.344 e. The highest BCUT2D eigenvalue weighted by atomic mass is 17.3. The summed E-state index contributed by atoms with van der Waals surface area (Å²) >= 11 is 0. The van der Waals surface area contributed by atoms with E-state index >= 15 is 0 Å². The molecule has 0 aromatic carbocycles. The maximum absolute atomic E-state index is 12.1. The van der Waals surface area contributed by atoms with Crippen LogP contribution in [0.3, 0.4) is 0 Å². The lowest BCUT2D eigenvalue weighted by atomic mass is 9.67. The summed E-state index contributed by atoms with van der Waals surface area (Å²) < 4.78 is 0. The third-order valence-electron chi connectivity index (χ3n) is 9.73. The second-order valence-electron chi connectivity index (χ2n) is 13.1.